The Labute approximate surface area is 142 Å². The van der Waals surface area contributed by atoms with Crippen molar-refractivity contribution in [2.45, 2.75) is 25.9 Å². The minimum Gasteiger partial charge on any atom is -0.481 e. The van der Waals surface area contributed by atoms with Crippen LogP contribution < -0.4 is 10.5 Å². The van der Waals surface area contributed by atoms with Gasteiger partial charge in [0.2, 0.25) is 0 Å². The Balaban J connectivity index is 2.46. The maximum atomic E-state index is 12.2. The SMILES string of the molecule is CC(CC(=O)O)c1cc(-c2ccc(OC(F)F)cc2)c(C#N)c(N)n1. The Morgan fingerprint density at radius 1 is 1.40 bits per heavy atom. The number of hydrogen-bond acceptors (Lipinski definition) is 5. The molecular weight excluding hydrogens is 332 g/mol. The van der Waals surface area contributed by atoms with Crippen LogP contribution in [0.4, 0.5) is 14.6 Å². The maximum absolute atomic E-state index is 12.2. The molecule has 3 N–H and O–H groups in total. The van der Waals surface area contributed by atoms with E-state index in [1.807, 2.05) is 6.07 Å². The van der Waals surface area contributed by atoms with Crippen molar-refractivity contribution in [2.24, 2.45) is 0 Å². The highest BCUT2D eigenvalue weighted by molar-refractivity contribution is 5.76. The third-order valence-electron chi connectivity index (χ3n) is 3.56. The van der Waals surface area contributed by atoms with Crippen molar-refractivity contribution in [1.82, 2.24) is 4.98 Å². The number of carbonyl (C=O) groups is 1. The van der Waals surface area contributed by atoms with Crippen LogP contribution in [0.1, 0.15) is 30.5 Å². The Morgan fingerprint density at radius 2 is 2.04 bits per heavy atom. The van der Waals surface area contributed by atoms with E-state index in [1.165, 1.54) is 24.3 Å². The molecular formula is C17H15F2N3O3. The second kappa shape index (κ2) is 7.57. The summed E-state index contributed by atoms with van der Waals surface area (Å²) in [5.41, 5.74) is 7.40. The number of carboxylic acids is 1. The lowest BCUT2D eigenvalue weighted by Crippen LogP contribution is -2.08. The van der Waals surface area contributed by atoms with E-state index >= 15 is 0 Å². The summed E-state index contributed by atoms with van der Waals surface area (Å²) in [7, 11) is 0. The number of rotatable bonds is 6. The van der Waals surface area contributed by atoms with Gasteiger partial charge in [0.15, 0.2) is 0 Å². The first-order valence-corrected chi connectivity index (χ1v) is 7.29. The normalized spacial score (nSPS) is 11.8. The van der Waals surface area contributed by atoms with Crippen LogP contribution in [0.2, 0.25) is 0 Å². The van der Waals surface area contributed by atoms with E-state index in [0.29, 0.717) is 16.8 Å². The highest BCUT2D eigenvalue weighted by atomic mass is 19.3. The molecule has 0 bridgehead atoms. The highest BCUT2D eigenvalue weighted by Crippen LogP contribution is 2.31. The second-order valence-electron chi connectivity index (χ2n) is 5.37. The maximum Gasteiger partial charge on any atom is 0.387 e. The predicted molar refractivity (Wildman–Crippen MR) is 86.1 cm³/mol. The van der Waals surface area contributed by atoms with Gasteiger partial charge in [-0.3, -0.25) is 4.79 Å². The minimum atomic E-state index is -2.93. The van der Waals surface area contributed by atoms with Gasteiger partial charge in [-0.15, -0.1) is 0 Å². The van der Waals surface area contributed by atoms with Crippen molar-refractivity contribution in [1.29, 1.82) is 5.26 Å². The molecule has 0 amide bonds. The summed E-state index contributed by atoms with van der Waals surface area (Å²) in [5.74, 6) is -1.42. The van der Waals surface area contributed by atoms with Crippen LogP contribution in [0.5, 0.6) is 5.75 Å². The molecule has 25 heavy (non-hydrogen) atoms. The van der Waals surface area contributed by atoms with Crippen molar-refractivity contribution in [3.05, 3.63) is 41.6 Å². The summed E-state index contributed by atoms with van der Waals surface area (Å²) in [6.07, 6.45) is -0.140. The van der Waals surface area contributed by atoms with E-state index in [1.54, 1.807) is 13.0 Å². The lowest BCUT2D eigenvalue weighted by atomic mass is 9.95. The van der Waals surface area contributed by atoms with E-state index in [2.05, 4.69) is 9.72 Å². The first-order valence-electron chi connectivity index (χ1n) is 7.29. The van der Waals surface area contributed by atoms with Crippen LogP contribution in [0, 0.1) is 11.3 Å². The Morgan fingerprint density at radius 3 is 2.56 bits per heavy atom. The number of nitriles is 1. The van der Waals surface area contributed by atoms with E-state index in [-0.39, 0.29) is 23.6 Å². The number of halogens is 2. The number of anilines is 1. The number of carboxylic acid groups (broad SMARTS) is 1. The van der Waals surface area contributed by atoms with Crippen molar-refractivity contribution in [2.75, 3.05) is 5.73 Å². The summed E-state index contributed by atoms with van der Waals surface area (Å²) in [4.78, 5) is 15.0. The van der Waals surface area contributed by atoms with Crippen LogP contribution in [-0.2, 0) is 4.79 Å². The van der Waals surface area contributed by atoms with Gasteiger partial charge in [0, 0.05) is 17.2 Å². The number of pyridine rings is 1. The van der Waals surface area contributed by atoms with Crippen LogP contribution >= 0.6 is 0 Å². The molecule has 1 unspecified atom stereocenters. The summed E-state index contributed by atoms with van der Waals surface area (Å²) in [6.45, 7) is -1.24. The molecule has 0 fully saturated rings. The smallest absolute Gasteiger partial charge is 0.387 e. The number of aromatic nitrogens is 1. The average Bonchev–Trinajstić information content (AvgIpc) is 2.53. The van der Waals surface area contributed by atoms with E-state index < -0.39 is 18.5 Å². The number of ether oxygens (including phenoxy) is 1. The average molecular weight is 347 g/mol. The third kappa shape index (κ3) is 4.41. The molecule has 0 saturated carbocycles. The summed E-state index contributed by atoms with van der Waals surface area (Å²) in [5, 5.41) is 18.2. The molecule has 0 aliphatic carbocycles. The standard InChI is InChI=1S/C17H15F2N3O3/c1-9(6-15(23)24)14-7-12(13(8-20)16(21)22-14)10-2-4-11(5-3-10)25-17(18)19/h2-5,7,9,17H,6H2,1H3,(H2,21,22)(H,23,24). The molecule has 0 saturated heterocycles. The fourth-order valence-electron chi connectivity index (χ4n) is 2.37. The fourth-order valence-corrected chi connectivity index (χ4v) is 2.37. The zero-order valence-electron chi connectivity index (χ0n) is 13.2. The lowest BCUT2D eigenvalue weighted by molar-refractivity contribution is -0.137. The number of nitrogens with zero attached hydrogens (tertiary/aromatic N) is 2. The van der Waals surface area contributed by atoms with Gasteiger partial charge in [-0.2, -0.15) is 14.0 Å². The van der Waals surface area contributed by atoms with E-state index in [4.69, 9.17) is 10.8 Å². The topological polar surface area (TPSA) is 109 Å². The number of nitrogen functional groups attached to an aromatic ring is 1. The summed E-state index contributed by atoms with van der Waals surface area (Å²) >= 11 is 0. The highest BCUT2D eigenvalue weighted by Gasteiger charge is 2.18. The van der Waals surface area contributed by atoms with Gasteiger partial charge in [0.25, 0.3) is 0 Å². The summed E-state index contributed by atoms with van der Waals surface area (Å²) < 4.78 is 28.7. The van der Waals surface area contributed by atoms with Crippen molar-refractivity contribution >= 4 is 11.8 Å². The molecule has 2 rings (SSSR count). The predicted octanol–water partition coefficient (Wildman–Crippen LogP) is 3.38. The van der Waals surface area contributed by atoms with Crippen molar-refractivity contribution in [3.63, 3.8) is 0 Å². The number of hydrogen-bond donors (Lipinski definition) is 2. The third-order valence-corrected chi connectivity index (χ3v) is 3.56. The van der Waals surface area contributed by atoms with Gasteiger partial charge in [0.1, 0.15) is 23.2 Å². The molecule has 0 radical (unpaired) electrons. The Bertz CT molecular complexity index is 817. The number of benzene rings is 1. The Hall–Kier alpha value is -3.21. The number of nitrogens with two attached hydrogens (primary N) is 1. The zero-order valence-corrected chi connectivity index (χ0v) is 13.2. The summed E-state index contributed by atoms with van der Waals surface area (Å²) in [6, 6.07) is 9.27. The second-order valence-corrected chi connectivity index (χ2v) is 5.37. The van der Waals surface area contributed by atoms with Crippen LogP contribution in [0.3, 0.4) is 0 Å². The molecule has 0 spiro atoms. The molecule has 2 aromatic rings. The Kier molecular flexibility index (Phi) is 5.49. The minimum absolute atomic E-state index is 0.0138. The van der Waals surface area contributed by atoms with Gasteiger partial charge in [0.05, 0.1) is 6.42 Å². The number of alkyl halides is 2. The molecule has 6 nitrogen and oxygen atoms in total. The molecule has 1 aromatic heterocycles. The molecule has 1 atom stereocenters. The monoisotopic (exact) mass is 347 g/mol. The molecule has 1 heterocycles. The largest absolute Gasteiger partial charge is 0.481 e. The van der Waals surface area contributed by atoms with Crippen molar-refractivity contribution < 1.29 is 23.4 Å². The molecule has 1 aromatic carbocycles. The first-order chi connectivity index (χ1) is 11.8. The molecule has 130 valence electrons. The van der Waals surface area contributed by atoms with Gasteiger partial charge >= 0.3 is 12.6 Å². The zero-order chi connectivity index (χ0) is 18.6. The molecule has 0 aliphatic rings. The van der Waals surface area contributed by atoms with Gasteiger partial charge in [-0.1, -0.05) is 19.1 Å². The number of aliphatic carboxylic acids is 1. The van der Waals surface area contributed by atoms with E-state index in [9.17, 15) is 18.8 Å². The van der Waals surface area contributed by atoms with Crippen LogP contribution in [-0.4, -0.2) is 22.7 Å². The van der Waals surface area contributed by atoms with Crippen molar-refractivity contribution in [3.8, 4) is 22.9 Å². The molecule has 0 aliphatic heterocycles. The fraction of sp³-hybridized carbons (Fsp3) is 0.235. The first kappa shape index (κ1) is 18.1. The van der Waals surface area contributed by atoms with Gasteiger partial charge in [-0.25, -0.2) is 4.98 Å². The molecule has 8 heteroatoms. The van der Waals surface area contributed by atoms with Crippen LogP contribution in [0.25, 0.3) is 11.1 Å². The lowest BCUT2D eigenvalue weighted by Gasteiger charge is -2.14. The quantitative estimate of drug-likeness (QED) is 0.829. The van der Waals surface area contributed by atoms with Gasteiger partial charge in [-0.05, 0) is 23.8 Å². The van der Waals surface area contributed by atoms with Gasteiger partial charge < -0.3 is 15.6 Å². The van der Waals surface area contributed by atoms with E-state index in [0.717, 1.165) is 0 Å². The van der Waals surface area contributed by atoms with Crippen LogP contribution in [0.15, 0.2) is 30.3 Å².